The maximum Gasteiger partial charge on any atom is 0.229 e. The summed E-state index contributed by atoms with van der Waals surface area (Å²) in [5.41, 5.74) is 3.24. The Morgan fingerprint density at radius 1 is 1.17 bits per heavy atom. The van der Waals surface area contributed by atoms with Crippen LogP contribution < -0.4 is 4.74 Å². The number of aromatic nitrogens is 2. The fourth-order valence-electron chi connectivity index (χ4n) is 1.95. The first-order valence-electron chi connectivity index (χ1n) is 5.65. The molecule has 0 aliphatic heterocycles. The minimum Gasteiger partial charge on any atom is -0.496 e. The van der Waals surface area contributed by atoms with Gasteiger partial charge in [-0.05, 0) is 31.2 Å². The van der Waals surface area contributed by atoms with E-state index in [9.17, 15) is 0 Å². The highest BCUT2D eigenvalue weighted by molar-refractivity contribution is 5.73. The van der Waals surface area contributed by atoms with Crippen LogP contribution in [0.4, 0.5) is 0 Å². The van der Waals surface area contributed by atoms with E-state index in [0.717, 1.165) is 16.9 Å². The second-order valence-corrected chi connectivity index (χ2v) is 3.98. The zero-order chi connectivity index (χ0) is 12.5. The van der Waals surface area contributed by atoms with Gasteiger partial charge < -0.3 is 9.15 Å². The number of methoxy groups -OCH3 is 1. The van der Waals surface area contributed by atoms with Crippen molar-refractivity contribution in [1.82, 2.24) is 9.97 Å². The van der Waals surface area contributed by atoms with Gasteiger partial charge in [-0.25, -0.2) is 4.98 Å². The van der Waals surface area contributed by atoms with E-state index in [1.165, 1.54) is 0 Å². The molecule has 0 amide bonds. The summed E-state index contributed by atoms with van der Waals surface area (Å²) in [4.78, 5) is 8.55. The lowest BCUT2D eigenvalue weighted by molar-refractivity contribution is 0.411. The van der Waals surface area contributed by atoms with Crippen molar-refractivity contribution in [3.8, 4) is 17.2 Å². The van der Waals surface area contributed by atoms with Gasteiger partial charge in [-0.1, -0.05) is 6.07 Å². The van der Waals surface area contributed by atoms with Crippen LogP contribution in [-0.4, -0.2) is 17.1 Å². The van der Waals surface area contributed by atoms with E-state index in [-0.39, 0.29) is 0 Å². The Kier molecular flexibility index (Phi) is 2.48. The number of pyridine rings is 1. The number of ether oxygens (including phenoxy) is 1. The highest BCUT2D eigenvalue weighted by atomic mass is 16.5. The lowest BCUT2D eigenvalue weighted by atomic mass is 10.1. The standard InChI is InChI=1S/C14H12N2O2/c1-9-10(5-3-6-11(9)17-2)14-16-13-12(18-14)7-4-8-15-13/h3-8H,1-2H3. The molecule has 3 rings (SSSR count). The van der Waals surface area contributed by atoms with Crippen molar-refractivity contribution in [2.75, 3.05) is 7.11 Å². The van der Waals surface area contributed by atoms with Crippen LogP contribution >= 0.6 is 0 Å². The number of oxazole rings is 1. The molecule has 4 nitrogen and oxygen atoms in total. The van der Waals surface area contributed by atoms with Gasteiger partial charge in [-0.15, -0.1) is 0 Å². The molecule has 0 spiro atoms. The molecule has 0 saturated carbocycles. The third-order valence-corrected chi connectivity index (χ3v) is 2.90. The zero-order valence-corrected chi connectivity index (χ0v) is 10.2. The van der Waals surface area contributed by atoms with Gasteiger partial charge in [0.1, 0.15) is 5.75 Å². The lowest BCUT2D eigenvalue weighted by Gasteiger charge is -2.06. The van der Waals surface area contributed by atoms with Crippen molar-refractivity contribution in [3.63, 3.8) is 0 Å². The number of hydrogen-bond donors (Lipinski definition) is 0. The SMILES string of the molecule is COc1cccc(-c2nc3ncccc3o2)c1C. The van der Waals surface area contributed by atoms with E-state index >= 15 is 0 Å². The van der Waals surface area contributed by atoms with E-state index < -0.39 is 0 Å². The third-order valence-electron chi connectivity index (χ3n) is 2.90. The molecule has 0 unspecified atom stereocenters. The molecule has 0 radical (unpaired) electrons. The summed E-state index contributed by atoms with van der Waals surface area (Å²) in [6.45, 7) is 1.98. The average molecular weight is 240 g/mol. The van der Waals surface area contributed by atoms with Crippen LogP contribution in [-0.2, 0) is 0 Å². The Balaban J connectivity index is 2.20. The minimum absolute atomic E-state index is 0.570. The fourth-order valence-corrected chi connectivity index (χ4v) is 1.95. The largest absolute Gasteiger partial charge is 0.496 e. The Labute approximate surface area is 104 Å². The first-order chi connectivity index (χ1) is 8.79. The van der Waals surface area contributed by atoms with Crippen LogP contribution in [0.25, 0.3) is 22.7 Å². The van der Waals surface area contributed by atoms with Gasteiger partial charge in [-0.3, -0.25) is 0 Å². The van der Waals surface area contributed by atoms with Crippen LogP contribution in [0.3, 0.4) is 0 Å². The molecule has 0 aliphatic rings. The van der Waals surface area contributed by atoms with Gasteiger partial charge in [-0.2, -0.15) is 4.98 Å². The van der Waals surface area contributed by atoms with Gasteiger partial charge >= 0.3 is 0 Å². The number of rotatable bonds is 2. The molecule has 0 fully saturated rings. The predicted molar refractivity (Wildman–Crippen MR) is 68.5 cm³/mol. The Morgan fingerprint density at radius 2 is 2.06 bits per heavy atom. The molecule has 0 aliphatic carbocycles. The summed E-state index contributed by atoms with van der Waals surface area (Å²) < 4.78 is 11.0. The highest BCUT2D eigenvalue weighted by Crippen LogP contribution is 2.30. The fraction of sp³-hybridized carbons (Fsp3) is 0.143. The number of hydrogen-bond acceptors (Lipinski definition) is 4. The first-order valence-corrected chi connectivity index (χ1v) is 5.65. The van der Waals surface area contributed by atoms with Crippen LogP contribution in [0.1, 0.15) is 5.56 Å². The Morgan fingerprint density at radius 3 is 2.83 bits per heavy atom. The summed E-state index contributed by atoms with van der Waals surface area (Å²) in [5.74, 6) is 1.39. The predicted octanol–water partition coefficient (Wildman–Crippen LogP) is 3.21. The van der Waals surface area contributed by atoms with Gasteiger partial charge in [0.05, 0.1) is 7.11 Å². The molecular weight excluding hydrogens is 228 g/mol. The molecule has 0 saturated heterocycles. The minimum atomic E-state index is 0.570. The normalized spacial score (nSPS) is 10.8. The average Bonchev–Trinajstić information content (AvgIpc) is 2.82. The molecule has 2 aromatic heterocycles. The van der Waals surface area contributed by atoms with Crippen molar-refractivity contribution in [1.29, 1.82) is 0 Å². The van der Waals surface area contributed by atoms with Gasteiger partial charge in [0, 0.05) is 17.3 Å². The van der Waals surface area contributed by atoms with E-state index in [2.05, 4.69) is 9.97 Å². The topological polar surface area (TPSA) is 48.2 Å². The van der Waals surface area contributed by atoms with Crippen molar-refractivity contribution in [2.45, 2.75) is 6.92 Å². The number of nitrogens with zero attached hydrogens (tertiary/aromatic N) is 2. The monoisotopic (exact) mass is 240 g/mol. The Bertz CT molecular complexity index is 671. The summed E-state index contributed by atoms with van der Waals surface area (Å²) in [6.07, 6.45) is 1.70. The second-order valence-electron chi connectivity index (χ2n) is 3.98. The van der Waals surface area contributed by atoms with Crippen LogP contribution in [0.15, 0.2) is 40.9 Å². The summed E-state index contributed by atoms with van der Waals surface area (Å²) in [6, 6.07) is 9.48. The van der Waals surface area contributed by atoms with E-state index in [1.54, 1.807) is 13.3 Å². The number of fused-ring (bicyclic) bond motifs is 1. The molecule has 18 heavy (non-hydrogen) atoms. The molecule has 0 bridgehead atoms. The molecule has 4 heteroatoms. The van der Waals surface area contributed by atoms with E-state index in [1.807, 2.05) is 37.3 Å². The molecule has 0 atom stereocenters. The quantitative estimate of drug-likeness (QED) is 0.690. The molecule has 3 aromatic rings. The van der Waals surface area contributed by atoms with Crippen molar-refractivity contribution in [3.05, 3.63) is 42.1 Å². The van der Waals surface area contributed by atoms with Crippen molar-refractivity contribution in [2.24, 2.45) is 0 Å². The van der Waals surface area contributed by atoms with Gasteiger partial charge in [0.15, 0.2) is 11.2 Å². The van der Waals surface area contributed by atoms with Gasteiger partial charge in [0.2, 0.25) is 5.89 Å². The lowest BCUT2D eigenvalue weighted by Crippen LogP contribution is -1.90. The Hall–Kier alpha value is -2.36. The summed E-state index contributed by atoms with van der Waals surface area (Å²) in [7, 11) is 1.65. The summed E-state index contributed by atoms with van der Waals surface area (Å²) >= 11 is 0. The molecule has 1 aromatic carbocycles. The summed E-state index contributed by atoms with van der Waals surface area (Å²) in [5, 5.41) is 0. The smallest absolute Gasteiger partial charge is 0.229 e. The number of benzene rings is 1. The zero-order valence-electron chi connectivity index (χ0n) is 10.2. The van der Waals surface area contributed by atoms with Crippen LogP contribution in [0, 0.1) is 6.92 Å². The van der Waals surface area contributed by atoms with Gasteiger partial charge in [0.25, 0.3) is 0 Å². The van der Waals surface area contributed by atoms with E-state index in [4.69, 9.17) is 9.15 Å². The third kappa shape index (κ3) is 1.62. The molecule has 0 N–H and O–H groups in total. The van der Waals surface area contributed by atoms with E-state index in [0.29, 0.717) is 17.1 Å². The van der Waals surface area contributed by atoms with Crippen LogP contribution in [0.2, 0.25) is 0 Å². The first kappa shape index (κ1) is 10.8. The van der Waals surface area contributed by atoms with Crippen LogP contribution in [0.5, 0.6) is 5.75 Å². The molecule has 90 valence electrons. The van der Waals surface area contributed by atoms with Crippen molar-refractivity contribution < 1.29 is 9.15 Å². The highest BCUT2D eigenvalue weighted by Gasteiger charge is 2.13. The van der Waals surface area contributed by atoms with Crippen molar-refractivity contribution >= 4 is 11.2 Å². The second kappa shape index (κ2) is 4.14. The molecule has 2 heterocycles. The maximum absolute atomic E-state index is 5.71. The maximum atomic E-state index is 5.71. The molecular formula is C14H12N2O2.